The van der Waals surface area contributed by atoms with Gasteiger partial charge < -0.3 is 9.84 Å². The standard InChI is InChI=1S/C21H25NO2/c23-18-10-14-22(15-11-18)21(12-13-21)19-8-4-5-9-20(19)24-16-17-6-2-1-3-7-17/h1-9,18,23H,10-16H2. The van der Waals surface area contributed by atoms with Gasteiger partial charge in [0.25, 0.3) is 0 Å². The summed E-state index contributed by atoms with van der Waals surface area (Å²) in [5.41, 5.74) is 2.64. The Labute approximate surface area is 143 Å². The fourth-order valence-corrected chi connectivity index (χ4v) is 3.88. The first-order chi connectivity index (χ1) is 11.8. The lowest BCUT2D eigenvalue weighted by Crippen LogP contribution is -2.43. The average molecular weight is 323 g/mol. The molecule has 0 atom stereocenters. The number of aliphatic hydroxyl groups is 1. The number of nitrogens with zero attached hydrogens (tertiary/aromatic N) is 1. The molecule has 0 amide bonds. The van der Waals surface area contributed by atoms with E-state index in [4.69, 9.17) is 4.74 Å². The topological polar surface area (TPSA) is 32.7 Å². The second-order valence-electron chi connectivity index (χ2n) is 7.02. The molecule has 0 spiro atoms. The quantitative estimate of drug-likeness (QED) is 0.910. The molecule has 1 N–H and O–H groups in total. The number of rotatable bonds is 5. The summed E-state index contributed by atoms with van der Waals surface area (Å²) in [6, 6.07) is 18.8. The highest BCUT2D eigenvalue weighted by Crippen LogP contribution is 2.54. The molecule has 2 aliphatic rings. The van der Waals surface area contributed by atoms with Gasteiger partial charge in [0.15, 0.2) is 0 Å². The van der Waals surface area contributed by atoms with Gasteiger partial charge in [-0.25, -0.2) is 0 Å². The predicted octanol–water partition coefficient (Wildman–Crippen LogP) is 3.71. The molecule has 1 heterocycles. The monoisotopic (exact) mass is 323 g/mol. The van der Waals surface area contributed by atoms with E-state index in [9.17, 15) is 5.11 Å². The van der Waals surface area contributed by atoms with E-state index in [1.54, 1.807) is 0 Å². The smallest absolute Gasteiger partial charge is 0.124 e. The Balaban J connectivity index is 1.53. The number of piperidine rings is 1. The van der Waals surface area contributed by atoms with Gasteiger partial charge in [-0.1, -0.05) is 48.5 Å². The highest BCUT2D eigenvalue weighted by molar-refractivity contribution is 5.43. The number of hydrogen-bond acceptors (Lipinski definition) is 3. The normalized spacial score (nSPS) is 20.7. The van der Waals surface area contributed by atoms with Crippen LogP contribution in [0.3, 0.4) is 0 Å². The van der Waals surface area contributed by atoms with Crippen LogP contribution in [0.5, 0.6) is 5.75 Å². The van der Waals surface area contributed by atoms with Crippen LogP contribution < -0.4 is 4.74 Å². The predicted molar refractivity (Wildman–Crippen MR) is 94.9 cm³/mol. The lowest BCUT2D eigenvalue weighted by molar-refractivity contribution is 0.0512. The van der Waals surface area contributed by atoms with E-state index in [1.165, 1.54) is 24.0 Å². The molecule has 24 heavy (non-hydrogen) atoms. The van der Waals surface area contributed by atoms with Crippen LogP contribution in [-0.4, -0.2) is 29.2 Å². The number of aliphatic hydroxyl groups excluding tert-OH is 1. The van der Waals surface area contributed by atoms with Crippen molar-refractivity contribution in [1.29, 1.82) is 0 Å². The molecule has 0 unspecified atom stereocenters. The molecule has 2 aromatic carbocycles. The van der Waals surface area contributed by atoms with Gasteiger partial charge in [0.2, 0.25) is 0 Å². The summed E-state index contributed by atoms with van der Waals surface area (Å²) in [4.78, 5) is 2.56. The fraction of sp³-hybridized carbons (Fsp3) is 0.429. The number of benzene rings is 2. The Kier molecular flexibility index (Phi) is 4.30. The first-order valence-electron chi connectivity index (χ1n) is 8.97. The van der Waals surface area contributed by atoms with E-state index in [0.717, 1.165) is 31.7 Å². The second kappa shape index (κ2) is 6.58. The molecule has 0 aromatic heterocycles. The summed E-state index contributed by atoms with van der Waals surface area (Å²) < 4.78 is 6.19. The van der Waals surface area contributed by atoms with E-state index in [1.807, 2.05) is 18.2 Å². The molecule has 1 saturated heterocycles. The Bertz CT molecular complexity index is 673. The Morgan fingerprint density at radius 1 is 0.958 bits per heavy atom. The zero-order valence-electron chi connectivity index (χ0n) is 14.0. The van der Waals surface area contributed by atoms with Gasteiger partial charge in [-0.05, 0) is 37.3 Å². The van der Waals surface area contributed by atoms with E-state index in [-0.39, 0.29) is 11.6 Å². The molecule has 0 bridgehead atoms. The average Bonchev–Trinajstić information content (AvgIpc) is 3.43. The number of para-hydroxylation sites is 1. The zero-order chi connectivity index (χ0) is 16.4. The summed E-state index contributed by atoms with van der Waals surface area (Å²) in [6.07, 6.45) is 4.02. The third-order valence-corrected chi connectivity index (χ3v) is 5.42. The van der Waals surface area contributed by atoms with Crippen molar-refractivity contribution in [2.75, 3.05) is 13.1 Å². The van der Waals surface area contributed by atoms with Crippen LogP contribution in [0.15, 0.2) is 54.6 Å². The molecular formula is C21H25NO2. The minimum Gasteiger partial charge on any atom is -0.489 e. The Morgan fingerprint density at radius 2 is 1.62 bits per heavy atom. The van der Waals surface area contributed by atoms with Crippen molar-refractivity contribution in [1.82, 2.24) is 4.90 Å². The summed E-state index contributed by atoms with van der Waals surface area (Å²) in [6.45, 7) is 2.56. The van der Waals surface area contributed by atoms with Gasteiger partial charge >= 0.3 is 0 Å². The maximum absolute atomic E-state index is 9.80. The minimum atomic E-state index is -0.123. The first kappa shape index (κ1) is 15.7. The van der Waals surface area contributed by atoms with E-state index < -0.39 is 0 Å². The number of hydrogen-bond donors (Lipinski definition) is 1. The molecule has 1 aliphatic heterocycles. The SMILES string of the molecule is OC1CCN(C2(c3ccccc3OCc3ccccc3)CC2)CC1. The van der Waals surface area contributed by atoms with Gasteiger partial charge in [0.05, 0.1) is 6.10 Å². The molecule has 4 rings (SSSR count). The van der Waals surface area contributed by atoms with E-state index in [2.05, 4.69) is 41.3 Å². The van der Waals surface area contributed by atoms with E-state index >= 15 is 0 Å². The molecule has 3 heteroatoms. The molecule has 1 aliphatic carbocycles. The number of likely N-dealkylation sites (tertiary alicyclic amines) is 1. The summed E-state index contributed by atoms with van der Waals surface area (Å²) in [5, 5.41) is 9.80. The van der Waals surface area contributed by atoms with Crippen molar-refractivity contribution in [3.63, 3.8) is 0 Å². The molecule has 1 saturated carbocycles. The molecular weight excluding hydrogens is 298 g/mol. The van der Waals surface area contributed by atoms with Crippen LogP contribution in [0.25, 0.3) is 0 Å². The van der Waals surface area contributed by atoms with Gasteiger partial charge in [-0.2, -0.15) is 0 Å². The van der Waals surface area contributed by atoms with Crippen LogP contribution in [0.1, 0.15) is 36.8 Å². The minimum absolute atomic E-state index is 0.123. The molecule has 2 aromatic rings. The zero-order valence-corrected chi connectivity index (χ0v) is 14.0. The maximum Gasteiger partial charge on any atom is 0.124 e. The van der Waals surface area contributed by atoms with Crippen LogP contribution in [-0.2, 0) is 12.1 Å². The molecule has 126 valence electrons. The van der Waals surface area contributed by atoms with Crippen molar-refractivity contribution >= 4 is 0 Å². The Hall–Kier alpha value is -1.84. The van der Waals surface area contributed by atoms with Gasteiger partial charge in [0.1, 0.15) is 12.4 Å². The van der Waals surface area contributed by atoms with Crippen LogP contribution in [0.4, 0.5) is 0 Å². The summed E-state index contributed by atoms with van der Waals surface area (Å²) in [7, 11) is 0. The third kappa shape index (κ3) is 3.06. The second-order valence-corrected chi connectivity index (χ2v) is 7.02. The largest absolute Gasteiger partial charge is 0.489 e. The number of ether oxygens (including phenoxy) is 1. The lowest BCUT2D eigenvalue weighted by Gasteiger charge is -2.37. The van der Waals surface area contributed by atoms with Crippen LogP contribution >= 0.6 is 0 Å². The fourth-order valence-electron chi connectivity index (χ4n) is 3.88. The van der Waals surface area contributed by atoms with Crippen molar-refractivity contribution < 1.29 is 9.84 Å². The molecule has 2 fully saturated rings. The first-order valence-corrected chi connectivity index (χ1v) is 8.97. The van der Waals surface area contributed by atoms with Crippen LogP contribution in [0, 0.1) is 0 Å². The van der Waals surface area contributed by atoms with Crippen molar-refractivity contribution in [2.45, 2.75) is 43.9 Å². The van der Waals surface area contributed by atoms with Gasteiger partial charge in [-0.15, -0.1) is 0 Å². The highest BCUT2D eigenvalue weighted by Gasteiger charge is 2.51. The lowest BCUT2D eigenvalue weighted by atomic mass is 9.97. The maximum atomic E-state index is 9.80. The van der Waals surface area contributed by atoms with Crippen molar-refractivity contribution in [3.05, 3.63) is 65.7 Å². The Morgan fingerprint density at radius 3 is 2.33 bits per heavy atom. The van der Waals surface area contributed by atoms with Crippen molar-refractivity contribution in [3.8, 4) is 5.75 Å². The summed E-state index contributed by atoms with van der Waals surface area (Å²) >= 11 is 0. The van der Waals surface area contributed by atoms with Crippen LogP contribution in [0.2, 0.25) is 0 Å². The third-order valence-electron chi connectivity index (χ3n) is 5.42. The van der Waals surface area contributed by atoms with Gasteiger partial charge in [-0.3, -0.25) is 4.90 Å². The van der Waals surface area contributed by atoms with Crippen molar-refractivity contribution in [2.24, 2.45) is 0 Å². The van der Waals surface area contributed by atoms with Gasteiger partial charge in [0, 0.05) is 24.2 Å². The molecule has 0 radical (unpaired) electrons. The highest BCUT2D eigenvalue weighted by atomic mass is 16.5. The molecule has 3 nitrogen and oxygen atoms in total. The summed E-state index contributed by atoms with van der Waals surface area (Å²) in [5.74, 6) is 1.00. The van der Waals surface area contributed by atoms with E-state index in [0.29, 0.717) is 6.61 Å².